The van der Waals surface area contributed by atoms with Crippen LogP contribution in [0.25, 0.3) is 10.8 Å². The van der Waals surface area contributed by atoms with Crippen LogP contribution in [0.1, 0.15) is 0 Å². The van der Waals surface area contributed by atoms with Crippen LogP contribution in [0, 0.1) is 0 Å². The van der Waals surface area contributed by atoms with Gasteiger partial charge in [0.05, 0.1) is 6.26 Å². The molecule has 0 atom stereocenters. The lowest BCUT2D eigenvalue weighted by molar-refractivity contribution is 0.495. The third-order valence-corrected chi connectivity index (χ3v) is 2.47. The molecule has 0 spiro atoms. The topological polar surface area (TPSA) is 78.4 Å². The Kier molecular flexibility index (Phi) is 3.51. The minimum absolute atomic E-state index is 0. The van der Waals surface area contributed by atoms with Crippen LogP contribution in [-0.2, 0) is 10.1 Å². The summed E-state index contributed by atoms with van der Waals surface area (Å²) in [7, 11) is -3.47. The summed E-state index contributed by atoms with van der Waals surface area (Å²) in [5.74, 6) is 0.371. The summed E-state index contributed by atoms with van der Waals surface area (Å²) in [5.41, 5.74) is 0. The average Bonchev–Trinajstić information content (AvgIpc) is 2.16. The van der Waals surface area contributed by atoms with Crippen molar-refractivity contribution in [1.82, 2.24) is 6.15 Å². The summed E-state index contributed by atoms with van der Waals surface area (Å²) in [6, 6.07) is 12.8. The number of hydrogen-bond acceptors (Lipinski definition) is 4. The minimum Gasteiger partial charge on any atom is -0.382 e. The van der Waals surface area contributed by atoms with E-state index in [0.717, 1.165) is 17.0 Å². The van der Waals surface area contributed by atoms with E-state index < -0.39 is 10.1 Å². The molecule has 0 aliphatic heterocycles. The van der Waals surface area contributed by atoms with Gasteiger partial charge in [-0.2, -0.15) is 8.42 Å². The fourth-order valence-corrected chi connectivity index (χ4v) is 1.90. The van der Waals surface area contributed by atoms with Crippen LogP contribution in [0.15, 0.2) is 42.5 Å². The molecule has 0 amide bonds. The molecule has 0 radical (unpaired) electrons. The van der Waals surface area contributed by atoms with Crippen molar-refractivity contribution in [3.63, 3.8) is 0 Å². The molecule has 0 saturated carbocycles. The molecule has 2 aromatic carbocycles. The first kappa shape index (κ1) is 12.5. The van der Waals surface area contributed by atoms with Crippen LogP contribution < -0.4 is 10.3 Å². The van der Waals surface area contributed by atoms with Gasteiger partial charge in [0, 0.05) is 5.39 Å². The van der Waals surface area contributed by atoms with E-state index in [4.69, 9.17) is 4.18 Å². The third kappa shape index (κ3) is 2.71. The van der Waals surface area contributed by atoms with Gasteiger partial charge in [0.2, 0.25) is 0 Å². The Morgan fingerprint density at radius 2 is 1.62 bits per heavy atom. The van der Waals surface area contributed by atoms with E-state index in [9.17, 15) is 8.42 Å². The summed E-state index contributed by atoms with van der Waals surface area (Å²) >= 11 is 0. The highest BCUT2D eigenvalue weighted by atomic mass is 32.2. The Morgan fingerprint density at radius 3 is 2.31 bits per heavy atom. The van der Waals surface area contributed by atoms with Crippen LogP contribution in [0.2, 0.25) is 0 Å². The van der Waals surface area contributed by atoms with Crippen LogP contribution in [-0.4, -0.2) is 14.7 Å². The summed E-state index contributed by atoms with van der Waals surface area (Å²) < 4.78 is 26.9. The molecule has 0 unspecified atom stereocenters. The largest absolute Gasteiger partial charge is 0.382 e. The van der Waals surface area contributed by atoms with Crippen molar-refractivity contribution in [3.05, 3.63) is 42.5 Å². The molecular formula is C11H13NO3S. The van der Waals surface area contributed by atoms with E-state index in [1.54, 1.807) is 12.1 Å². The molecule has 0 heterocycles. The molecule has 0 aliphatic rings. The van der Waals surface area contributed by atoms with Gasteiger partial charge in [-0.15, -0.1) is 0 Å². The second-order valence-corrected chi connectivity index (χ2v) is 4.84. The van der Waals surface area contributed by atoms with E-state index in [2.05, 4.69) is 0 Å². The molecule has 0 bridgehead atoms. The van der Waals surface area contributed by atoms with Crippen molar-refractivity contribution in [2.24, 2.45) is 0 Å². The highest BCUT2D eigenvalue weighted by molar-refractivity contribution is 7.86. The predicted molar refractivity (Wildman–Crippen MR) is 64.4 cm³/mol. The van der Waals surface area contributed by atoms with Crippen molar-refractivity contribution in [3.8, 4) is 5.75 Å². The lowest BCUT2D eigenvalue weighted by Crippen LogP contribution is -2.05. The van der Waals surface area contributed by atoms with Gasteiger partial charge >= 0.3 is 10.1 Å². The Bertz CT molecular complexity index is 588. The van der Waals surface area contributed by atoms with Crippen LogP contribution in [0.4, 0.5) is 0 Å². The quantitative estimate of drug-likeness (QED) is 0.816. The Balaban J connectivity index is 0.00000128. The molecule has 4 nitrogen and oxygen atoms in total. The van der Waals surface area contributed by atoms with Crippen LogP contribution >= 0.6 is 0 Å². The zero-order valence-electron chi connectivity index (χ0n) is 8.88. The molecule has 16 heavy (non-hydrogen) atoms. The lowest BCUT2D eigenvalue weighted by atomic mass is 10.1. The van der Waals surface area contributed by atoms with Gasteiger partial charge in [-0.25, -0.2) is 0 Å². The summed E-state index contributed by atoms with van der Waals surface area (Å²) in [4.78, 5) is 0. The molecule has 0 fully saturated rings. The highest BCUT2D eigenvalue weighted by Crippen LogP contribution is 2.25. The van der Waals surface area contributed by atoms with Crippen molar-refractivity contribution in [2.75, 3.05) is 6.26 Å². The van der Waals surface area contributed by atoms with E-state index in [1.807, 2.05) is 30.3 Å². The van der Waals surface area contributed by atoms with E-state index >= 15 is 0 Å². The highest BCUT2D eigenvalue weighted by Gasteiger charge is 2.07. The SMILES string of the molecule is CS(=O)(=O)Oc1cccc2ccccc12.N. The molecule has 5 heteroatoms. The maximum atomic E-state index is 11.0. The number of hydrogen-bond donors (Lipinski definition) is 1. The number of benzene rings is 2. The van der Waals surface area contributed by atoms with Gasteiger partial charge in [-0.3, -0.25) is 0 Å². The molecule has 0 aromatic heterocycles. The van der Waals surface area contributed by atoms with Crippen LogP contribution in [0.5, 0.6) is 5.75 Å². The van der Waals surface area contributed by atoms with E-state index in [0.29, 0.717) is 5.75 Å². The summed E-state index contributed by atoms with van der Waals surface area (Å²) in [5, 5.41) is 1.75. The normalized spacial score (nSPS) is 10.8. The van der Waals surface area contributed by atoms with Gasteiger partial charge in [0.15, 0.2) is 0 Å². The molecule has 0 saturated heterocycles. The fourth-order valence-electron chi connectivity index (χ4n) is 1.43. The zero-order chi connectivity index (χ0) is 10.9. The molecule has 0 aliphatic carbocycles. The van der Waals surface area contributed by atoms with E-state index in [-0.39, 0.29) is 6.15 Å². The second kappa shape index (κ2) is 4.51. The van der Waals surface area contributed by atoms with Gasteiger partial charge < -0.3 is 10.3 Å². The molecule has 3 N–H and O–H groups in total. The first-order valence-corrected chi connectivity index (χ1v) is 6.25. The molecule has 86 valence electrons. The maximum Gasteiger partial charge on any atom is 0.306 e. The second-order valence-electron chi connectivity index (χ2n) is 3.26. The Labute approximate surface area is 94.6 Å². The Morgan fingerprint density at radius 1 is 1.00 bits per heavy atom. The fraction of sp³-hybridized carbons (Fsp3) is 0.0909. The van der Waals surface area contributed by atoms with Gasteiger partial charge in [-0.05, 0) is 11.5 Å². The van der Waals surface area contributed by atoms with Gasteiger partial charge in [-0.1, -0.05) is 36.4 Å². The monoisotopic (exact) mass is 239 g/mol. The van der Waals surface area contributed by atoms with Crippen molar-refractivity contribution in [1.29, 1.82) is 0 Å². The van der Waals surface area contributed by atoms with Gasteiger partial charge in [0.1, 0.15) is 5.75 Å². The first-order valence-electron chi connectivity index (χ1n) is 4.43. The number of rotatable bonds is 2. The minimum atomic E-state index is -3.47. The van der Waals surface area contributed by atoms with Crippen molar-refractivity contribution >= 4 is 20.9 Å². The maximum absolute atomic E-state index is 11.0. The Hall–Kier alpha value is -1.59. The zero-order valence-corrected chi connectivity index (χ0v) is 9.70. The summed E-state index contributed by atoms with van der Waals surface area (Å²) in [6.07, 6.45) is 1.04. The standard InChI is InChI=1S/C11H10O3S.H3N/c1-15(12,13)14-11-8-4-6-9-5-2-3-7-10(9)11;/h2-8H,1H3;1H3. The molecular weight excluding hydrogens is 226 g/mol. The molecule has 2 aromatic rings. The molecule has 2 rings (SSSR count). The lowest BCUT2D eigenvalue weighted by Gasteiger charge is -2.06. The van der Waals surface area contributed by atoms with E-state index in [1.165, 1.54) is 0 Å². The average molecular weight is 239 g/mol. The van der Waals surface area contributed by atoms with Crippen molar-refractivity contribution in [2.45, 2.75) is 0 Å². The smallest absolute Gasteiger partial charge is 0.306 e. The summed E-state index contributed by atoms with van der Waals surface area (Å²) in [6.45, 7) is 0. The number of fused-ring (bicyclic) bond motifs is 1. The first-order chi connectivity index (χ1) is 7.06. The predicted octanol–water partition coefficient (Wildman–Crippen LogP) is 2.34. The van der Waals surface area contributed by atoms with Gasteiger partial charge in [0.25, 0.3) is 0 Å². The van der Waals surface area contributed by atoms with Crippen molar-refractivity contribution < 1.29 is 12.6 Å². The third-order valence-electron chi connectivity index (χ3n) is 1.99. The van der Waals surface area contributed by atoms with Crippen LogP contribution in [0.3, 0.4) is 0 Å².